The quantitative estimate of drug-likeness (QED) is 0.918. The molecule has 4 rings (SSSR count). The zero-order chi connectivity index (χ0) is 16.7. The van der Waals surface area contributed by atoms with Gasteiger partial charge in [-0.1, -0.05) is 11.6 Å². The van der Waals surface area contributed by atoms with Crippen molar-refractivity contribution in [1.82, 2.24) is 4.90 Å². The van der Waals surface area contributed by atoms with Crippen molar-refractivity contribution in [2.75, 3.05) is 32.8 Å². The Morgan fingerprint density at radius 2 is 2.04 bits per heavy atom. The molecule has 2 aliphatic heterocycles. The molecule has 5 nitrogen and oxygen atoms in total. The number of hydrogen-bond donors (Lipinski definition) is 1. The van der Waals surface area contributed by atoms with Gasteiger partial charge in [0.15, 0.2) is 11.5 Å². The summed E-state index contributed by atoms with van der Waals surface area (Å²) in [5.41, 5.74) is 3.33. The first kappa shape index (κ1) is 15.4. The van der Waals surface area contributed by atoms with E-state index in [0.29, 0.717) is 5.75 Å². The summed E-state index contributed by atoms with van der Waals surface area (Å²) in [5, 5.41) is 4.29. The number of methoxy groups -OCH3 is 1. The van der Waals surface area contributed by atoms with E-state index in [4.69, 9.17) is 25.8 Å². The molecule has 0 aromatic heterocycles. The molecule has 0 aliphatic carbocycles. The summed E-state index contributed by atoms with van der Waals surface area (Å²) < 4.78 is 16.9. The van der Waals surface area contributed by atoms with Gasteiger partial charge in [0.1, 0.15) is 6.17 Å². The third-order valence-corrected chi connectivity index (χ3v) is 4.80. The number of hydrogen-bond acceptors (Lipinski definition) is 5. The Balaban J connectivity index is 1.78. The summed E-state index contributed by atoms with van der Waals surface area (Å²) >= 11 is 5.99. The number of anilines is 1. The molecule has 0 fully saturated rings. The minimum Gasteiger partial charge on any atom is -0.492 e. The lowest BCUT2D eigenvalue weighted by Crippen LogP contribution is -2.37. The van der Waals surface area contributed by atoms with Crippen molar-refractivity contribution in [3.63, 3.8) is 0 Å². The van der Waals surface area contributed by atoms with Crippen molar-refractivity contribution >= 4 is 17.3 Å². The summed E-state index contributed by atoms with van der Waals surface area (Å²) in [6.45, 7) is 1.18. The van der Waals surface area contributed by atoms with Gasteiger partial charge < -0.3 is 19.5 Å². The van der Waals surface area contributed by atoms with Gasteiger partial charge in [0, 0.05) is 22.8 Å². The summed E-state index contributed by atoms with van der Waals surface area (Å²) in [5.74, 6) is 2.20. The van der Waals surface area contributed by atoms with Gasteiger partial charge in [0.25, 0.3) is 0 Å². The highest BCUT2D eigenvalue weighted by Gasteiger charge is 2.33. The standard InChI is InChI=1S/C18H19ClN2O3/c1-21-8-7-11-9-14-16(24-10-23-14)17(22-2)15(11)18(21)20-13-5-3-12(19)4-6-13/h3-6,9,18,20H,7-8,10H2,1-2H3/t18-/m0/s1. The third-order valence-electron chi connectivity index (χ3n) is 4.54. The van der Waals surface area contributed by atoms with Crippen molar-refractivity contribution in [1.29, 1.82) is 0 Å². The number of nitrogens with one attached hydrogen (secondary N) is 1. The van der Waals surface area contributed by atoms with E-state index >= 15 is 0 Å². The highest BCUT2D eigenvalue weighted by Crippen LogP contribution is 2.49. The largest absolute Gasteiger partial charge is 0.492 e. The van der Waals surface area contributed by atoms with Crippen LogP contribution >= 0.6 is 11.6 Å². The van der Waals surface area contributed by atoms with Gasteiger partial charge in [-0.15, -0.1) is 0 Å². The molecular weight excluding hydrogens is 328 g/mol. The zero-order valence-corrected chi connectivity index (χ0v) is 14.4. The lowest BCUT2D eigenvalue weighted by Gasteiger charge is -2.36. The van der Waals surface area contributed by atoms with Crippen LogP contribution in [0.1, 0.15) is 17.3 Å². The van der Waals surface area contributed by atoms with Crippen LogP contribution in [0.15, 0.2) is 30.3 Å². The maximum atomic E-state index is 5.99. The van der Waals surface area contributed by atoms with Gasteiger partial charge in [-0.05, 0) is 49.4 Å². The predicted octanol–water partition coefficient (Wildman–Crippen LogP) is 3.68. The number of fused-ring (bicyclic) bond motifs is 2. The van der Waals surface area contributed by atoms with Gasteiger partial charge in [-0.2, -0.15) is 0 Å². The molecule has 2 aliphatic rings. The number of benzene rings is 2. The van der Waals surface area contributed by atoms with Crippen molar-refractivity contribution < 1.29 is 14.2 Å². The monoisotopic (exact) mass is 346 g/mol. The molecule has 2 aromatic rings. The van der Waals surface area contributed by atoms with E-state index in [1.807, 2.05) is 24.3 Å². The third kappa shape index (κ3) is 2.54. The number of ether oxygens (including phenoxy) is 3. The van der Waals surface area contributed by atoms with Crippen molar-refractivity contribution in [3.8, 4) is 17.2 Å². The molecule has 0 saturated heterocycles. The Morgan fingerprint density at radius 3 is 2.79 bits per heavy atom. The molecule has 0 unspecified atom stereocenters. The van der Waals surface area contributed by atoms with Crippen LogP contribution in [-0.4, -0.2) is 32.4 Å². The van der Waals surface area contributed by atoms with Crippen LogP contribution in [0.25, 0.3) is 0 Å². The Morgan fingerprint density at radius 1 is 1.25 bits per heavy atom. The van der Waals surface area contributed by atoms with Crippen LogP contribution in [0.5, 0.6) is 17.2 Å². The lowest BCUT2D eigenvalue weighted by atomic mass is 9.94. The van der Waals surface area contributed by atoms with Crippen LogP contribution in [0.4, 0.5) is 5.69 Å². The lowest BCUT2D eigenvalue weighted by molar-refractivity contribution is 0.170. The zero-order valence-electron chi connectivity index (χ0n) is 13.6. The number of nitrogens with zero attached hydrogens (tertiary/aromatic N) is 1. The van der Waals surface area contributed by atoms with E-state index in [1.54, 1.807) is 7.11 Å². The fourth-order valence-corrected chi connectivity index (χ4v) is 3.45. The highest BCUT2D eigenvalue weighted by atomic mass is 35.5. The molecule has 1 atom stereocenters. The molecule has 126 valence electrons. The number of rotatable bonds is 3. The van der Waals surface area contributed by atoms with E-state index in [-0.39, 0.29) is 13.0 Å². The summed E-state index contributed by atoms with van der Waals surface area (Å²) in [6, 6.07) is 9.78. The molecule has 2 aromatic carbocycles. The first-order chi connectivity index (χ1) is 11.7. The molecule has 0 amide bonds. The van der Waals surface area contributed by atoms with Crippen LogP contribution < -0.4 is 19.5 Å². The predicted molar refractivity (Wildman–Crippen MR) is 93.3 cm³/mol. The van der Waals surface area contributed by atoms with E-state index in [2.05, 4.69) is 23.3 Å². The first-order valence-electron chi connectivity index (χ1n) is 7.89. The Labute approximate surface area is 146 Å². The Kier molecular flexibility index (Phi) is 3.90. The van der Waals surface area contributed by atoms with E-state index in [0.717, 1.165) is 40.7 Å². The normalized spacial score (nSPS) is 19.0. The van der Waals surface area contributed by atoms with E-state index < -0.39 is 0 Å². The fraction of sp³-hybridized carbons (Fsp3) is 0.333. The van der Waals surface area contributed by atoms with Gasteiger partial charge in [0.05, 0.1) is 7.11 Å². The molecule has 0 radical (unpaired) electrons. The molecule has 0 saturated carbocycles. The smallest absolute Gasteiger partial charge is 0.231 e. The van der Waals surface area contributed by atoms with Crippen LogP contribution in [0.2, 0.25) is 5.02 Å². The fourth-order valence-electron chi connectivity index (χ4n) is 3.32. The summed E-state index contributed by atoms with van der Waals surface area (Å²) in [6.07, 6.45) is 0.928. The van der Waals surface area contributed by atoms with Gasteiger partial charge in [-0.3, -0.25) is 4.90 Å². The van der Waals surface area contributed by atoms with Gasteiger partial charge in [0.2, 0.25) is 12.5 Å². The Bertz CT molecular complexity index is 764. The van der Waals surface area contributed by atoms with Crippen molar-refractivity contribution in [2.45, 2.75) is 12.6 Å². The summed E-state index contributed by atoms with van der Waals surface area (Å²) in [7, 11) is 3.77. The molecule has 0 bridgehead atoms. The minimum absolute atomic E-state index is 0.0145. The molecule has 24 heavy (non-hydrogen) atoms. The molecule has 1 N–H and O–H groups in total. The van der Waals surface area contributed by atoms with Crippen molar-refractivity contribution in [2.24, 2.45) is 0 Å². The molecule has 0 spiro atoms. The van der Waals surface area contributed by atoms with Crippen LogP contribution in [-0.2, 0) is 6.42 Å². The molecular formula is C18H19ClN2O3. The second-order valence-corrected chi connectivity index (χ2v) is 6.44. The number of likely N-dealkylation sites (N-methyl/N-ethyl adjacent to an activating group) is 1. The SMILES string of the molecule is COc1c2c(cc3c1[C@@H](Nc1ccc(Cl)cc1)N(C)CC3)OCO2. The van der Waals surface area contributed by atoms with Crippen molar-refractivity contribution in [3.05, 3.63) is 46.5 Å². The minimum atomic E-state index is -0.0145. The average molecular weight is 347 g/mol. The van der Waals surface area contributed by atoms with Crippen LogP contribution in [0.3, 0.4) is 0 Å². The Hall–Kier alpha value is -2.11. The molecule has 2 heterocycles. The topological polar surface area (TPSA) is 43.0 Å². The highest BCUT2D eigenvalue weighted by molar-refractivity contribution is 6.30. The maximum Gasteiger partial charge on any atom is 0.231 e. The first-order valence-corrected chi connectivity index (χ1v) is 8.27. The summed E-state index contributed by atoms with van der Waals surface area (Å²) in [4.78, 5) is 2.27. The molecule has 6 heteroatoms. The second kappa shape index (κ2) is 6.07. The van der Waals surface area contributed by atoms with Crippen LogP contribution in [0, 0.1) is 0 Å². The van der Waals surface area contributed by atoms with Gasteiger partial charge >= 0.3 is 0 Å². The average Bonchev–Trinajstić information content (AvgIpc) is 3.05. The van der Waals surface area contributed by atoms with E-state index in [1.165, 1.54) is 5.56 Å². The maximum absolute atomic E-state index is 5.99. The van der Waals surface area contributed by atoms with E-state index in [9.17, 15) is 0 Å². The number of halogens is 1. The van der Waals surface area contributed by atoms with Gasteiger partial charge in [-0.25, -0.2) is 0 Å². The second-order valence-electron chi connectivity index (χ2n) is 6.00.